The molecule has 0 aliphatic heterocycles. The van der Waals surface area contributed by atoms with Gasteiger partial charge in [-0.3, -0.25) is 9.59 Å². The molecule has 2 amide bonds. The van der Waals surface area contributed by atoms with Gasteiger partial charge in [-0.2, -0.15) is 0 Å². The Hall–Kier alpha value is -3.06. The number of nitrogens with one attached hydrogen (secondary N) is 2. The van der Waals surface area contributed by atoms with Gasteiger partial charge < -0.3 is 10.6 Å². The molecule has 0 saturated carbocycles. The Labute approximate surface area is 187 Å². The standard InChI is InChI=1S/C24H21BrF2N2O2/c1-3-4-15-5-7-16(8-6-15)23(30)29-22-12-18(19(25)13-21(22)27)24(31)28-17-9-10-20(26)14(2)11-17/h5-13H,3-4H2,1-2H3,(H,28,31)(H,29,30). The third-order valence-corrected chi connectivity index (χ3v) is 5.38. The molecule has 3 aromatic carbocycles. The molecule has 0 aliphatic rings. The number of aryl methyl sites for hydroxylation is 2. The van der Waals surface area contributed by atoms with E-state index < -0.39 is 17.6 Å². The highest BCUT2D eigenvalue weighted by Crippen LogP contribution is 2.26. The van der Waals surface area contributed by atoms with E-state index >= 15 is 0 Å². The normalized spacial score (nSPS) is 10.6. The number of amides is 2. The second kappa shape index (κ2) is 9.83. The number of hydrogen-bond acceptors (Lipinski definition) is 2. The number of rotatable bonds is 6. The Morgan fingerprint density at radius 3 is 2.26 bits per heavy atom. The van der Waals surface area contributed by atoms with Gasteiger partial charge in [-0.1, -0.05) is 25.5 Å². The number of anilines is 2. The van der Waals surface area contributed by atoms with E-state index in [-0.39, 0.29) is 21.5 Å². The van der Waals surface area contributed by atoms with E-state index in [9.17, 15) is 18.4 Å². The van der Waals surface area contributed by atoms with Crippen LogP contribution >= 0.6 is 15.9 Å². The summed E-state index contributed by atoms with van der Waals surface area (Å²) >= 11 is 3.18. The van der Waals surface area contributed by atoms with Gasteiger partial charge in [-0.05, 0) is 82.9 Å². The van der Waals surface area contributed by atoms with Gasteiger partial charge >= 0.3 is 0 Å². The molecule has 0 fully saturated rings. The van der Waals surface area contributed by atoms with Gasteiger partial charge in [-0.15, -0.1) is 0 Å². The molecule has 31 heavy (non-hydrogen) atoms. The number of benzene rings is 3. The first-order valence-corrected chi connectivity index (χ1v) is 10.5. The topological polar surface area (TPSA) is 58.2 Å². The fraction of sp³-hybridized carbons (Fsp3) is 0.167. The predicted molar refractivity (Wildman–Crippen MR) is 122 cm³/mol. The molecule has 0 aromatic heterocycles. The van der Waals surface area contributed by atoms with Gasteiger partial charge in [0, 0.05) is 15.7 Å². The summed E-state index contributed by atoms with van der Waals surface area (Å²) in [6.07, 6.45) is 1.91. The van der Waals surface area contributed by atoms with E-state index in [4.69, 9.17) is 0 Å². The Morgan fingerprint density at radius 2 is 1.61 bits per heavy atom. The number of halogens is 3. The summed E-state index contributed by atoms with van der Waals surface area (Å²) in [5.74, 6) is -2.08. The minimum Gasteiger partial charge on any atom is -0.322 e. The van der Waals surface area contributed by atoms with Crippen LogP contribution in [0.1, 0.15) is 45.2 Å². The molecule has 4 nitrogen and oxygen atoms in total. The summed E-state index contributed by atoms with van der Waals surface area (Å²) in [6.45, 7) is 3.66. The fourth-order valence-electron chi connectivity index (χ4n) is 3.05. The Kier molecular flexibility index (Phi) is 7.17. The predicted octanol–water partition coefficient (Wildman–Crippen LogP) is 6.49. The zero-order valence-electron chi connectivity index (χ0n) is 17.1. The van der Waals surface area contributed by atoms with E-state index in [1.165, 1.54) is 24.3 Å². The molecule has 0 radical (unpaired) electrons. The molecule has 2 N–H and O–H groups in total. The van der Waals surface area contributed by atoms with Crippen LogP contribution in [0.2, 0.25) is 0 Å². The van der Waals surface area contributed by atoms with Crippen LogP contribution in [-0.4, -0.2) is 11.8 Å². The monoisotopic (exact) mass is 486 g/mol. The first-order valence-electron chi connectivity index (χ1n) is 9.75. The molecule has 0 aliphatic carbocycles. The van der Waals surface area contributed by atoms with Crippen LogP contribution in [0, 0.1) is 18.6 Å². The lowest BCUT2D eigenvalue weighted by molar-refractivity contribution is 0.101. The Morgan fingerprint density at radius 1 is 0.903 bits per heavy atom. The summed E-state index contributed by atoms with van der Waals surface area (Å²) < 4.78 is 28.1. The second-order valence-corrected chi connectivity index (χ2v) is 7.99. The summed E-state index contributed by atoms with van der Waals surface area (Å²) in [5, 5.41) is 5.16. The molecule has 0 heterocycles. The molecule has 0 bridgehead atoms. The third kappa shape index (κ3) is 5.55. The van der Waals surface area contributed by atoms with Crippen LogP contribution in [0.15, 0.2) is 59.1 Å². The van der Waals surface area contributed by atoms with Gasteiger partial charge in [-0.25, -0.2) is 8.78 Å². The van der Waals surface area contributed by atoms with Crippen LogP contribution in [-0.2, 0) is 6.42 Å². The maximum atomic E-state index is 14.4. The maximum absolute atomic E-state index is 14.4. The Balaban J connectivity index is 1.80. The van der Waals surface area contributed by atoms with Crippen molar-refractivity contribution in [2.45, 2.75) is 26.7 Å². The van der Waals surface area contributed by atoms with E-state index in [1.807, 2.05) is 12.1 Å². The van der Waals surface area contributed by atoms with Crippen molar-refractivity contribution in [2.75, 3.05) is 10.6 Å². The summed E-state index contributed by atoms with van der Waals surface area (Å²) in [5.41, 5.74) is 2.29. The first-order chi connectivity index (χ1) is 14.8. The molecule has 0 atom stereocenters. The molecule has 3 aromatic rings. The summed E-state index contributed by atoms with van der Waals surface area (Å²) in [7, 11) is 0. The van der Waals surface area contributed by atoms with Crippen LogP contribution in [0.4, 0.5) is 20.2 Å². The zero-order valence-corrected chi connectivity index (χ0v) is 18.6. The summed E-state index contributed by atoms with van der Waals surface area (Å²) in [4.78, 5) is 25.2. The number of hydrogen-bond donors (Lipinski definition) is 2. The van der Waals surface area contributed by atoms with Gasteiger partial charge in [0.05, 0.1) is 11.3 Å². The lowest BCUT2D eigenvalue weighted by Crippen LogP contribution is -2.16. The largest absolute Gasteiger partial charge is 0.322 e. The molecule has 0 saturated heterocycles. The van der Waals surface area contributed by atoms with Gasteiger partial charge in [0.15, 0.2) is 0 Å². The molecule has 0 spiro atoms. The highest BCUT2D eigenvalue weighted by Gasteiger charge is 2.17. The molecular weight excluding hydrogens is 466 g/mol. The van der Waals surface area contributed by atoms with Crippen molar-refractivity contribution in [3.05, 3.63) is 93.0 Å². The van der Waals surface area contributed by atoms with E-state index in [0.717, 1.165) is 24.5 Å². The zero-order chi connectivity index (χ0) is 22.5. The van der Waals surface area contributed by atoms with Crippen molar-refractivity contribution in [2.24, 2.45) is 0 Å². The number of carbonyl (C=O) groups excluding carboxylic acids is 2. The smallest absolute Gasteiger partial charge is 0.256 e. The Bertz CT molecular complexity index is 1130. The van der Waals surface area contributed by atoms with E-state index in [0.29, 0.717) is 16.8 Å². The lowest BCUT2D eigenvalue weighted by atomic mass is 10.1. The minimum absolute atomic E-state index is 0.119. The maximum Gasteiger partial charge on any atom is 0.256 e. The van der Waals surface area contributed by atoms with Crippen molar-refractivity contribution >= 4 is 39.1 Å². The average molecular weight is 487 g/mol. The lowest BCUT2D eigenvalue weighted by Gasteiger charge is -2.12. The van der Waals surface area contributed by atoms with Crippen LogP contribution < -0.4 is 10.6 Å². The van der Waals surface area contributed by atoms with E-state index in [2.05, 4.69) is 33.5 Å². The van der Waals surface area contributed by atoms with Crippen LogP contribution in [0.5, 0.6) is 0 Å². The van der Waals surface area contributed by atoms with Crippen molar-refractivity contribution < 1.29 is 18.4 Å². The molecule has 7 heteroatoms. The van der Waals surface area contributed by atoms with Crippen molar-refractivity contribution in [1.82, 2.24) is 0 Å². The van der Waals surface area contributed by atoms with Gasteiger partial charge in [0.25, 0.3) is 11.8 Å². The second-order valence-electron chi connectivity index (χ2n) is 7.13. The summed E-state index contributed by atoms with van der Waals surface area (Å²) in [6, 6.07) is 13.6. The van der Waals surface area contributed by atoms with Crippen molar-refractivity contribution in [1.29, 1.82) is 0 Å². The van der Waals surface area contributed by atoms with E-state index in [1.54, 1.807) is 19.1 Å². The quantitative estimate of drug-likeness (QED) is 0.418. The average Bonchev–Trinajstić information content (AvgIpc) is 2.73. The molecule has 160 valence electrons. The molecule has 0 unspecified atom stereocenters. The SMILES string of the molecule is CCCc1ccc(C(=O)Nc2cc(C(=O)Nc3ccc(F)c(C)c3)c(Br)cc2F)cc1. The first kappa shape index (κ1) is 22.6. The molecule has 3 rings (SSSR count). The fourth-order valence-corrected chi connectivity index (χ4v) is 3.54. The van der Waals surface area contributed by atoms with Crippen LogP contribution in [0.25, 0.3) is 0 Å². The number of carbonyl (C=O) groups is 2. The third-order valence-electron chi connectivity index (χ3n) is 4.72. The highest BCUT2D eigenvalue weighted by molar-refractivity contribution is 9.10. The van der Waals surface area contributed by atoms with Crippen LogP contribution in [0.3, 0.4) is 0 Å². The van der Waals surface area contributed by atoms with Gasteiger partial charge in [0.2, 0.25) is 0 Å². The van der Waals surface area contributed by atoms with Gasteiger partial charge in [0.1, 0.15) is 11.6 Å². The highest BCUT2D eigenvalue weighted by atomic mass is 79.9. The minimum atomic E-state index is -0.683. The molecular formula is C24H21BrF2N2O2. The van der Waals surface area contributed by atoms with Crippen molar-refractivity contribution in [3.63, 3.8) is 0 Å². The van der Waals surface area contributed by atoms with Crippen molar-refractivity contribution in [3.8, 4) is 0 Å².